The molecule has 0 saturated carbocycles. The summed E-state index contributed by atoms with van der Waals surface area (Å²) in [4.78, 5) is 15.2. The smallest absolute Gasteiger partial charge is 0.378 e. The summed E-state index contributed by atoms with van der Waals surface area (Å²) in [5.74, 6) is -0.148. The SMILES string of the molecule is Cl.O=C(CC1COCCN1)NCCc1nc(C(F)(F)F)cs1. The minimum Gasteiger partial charge on any atom is -0.378 e. The number of rotatable bonds is 5. The van der Waals surface area contributed by atoms with Crippen molar-refractivity contribution in [3.05, 3.63) is 16.1 Å². The highest BCUT2D eigenvalue weighted by molar-refractivity contribution is 7.09. The molecule has 5 nitrogen and oxygen atoms in total. The average molecular weight is 360 g/mol. The van der Waals surface area contributed by atoms with E-state index in [4.69, 9.17) is 4.74 Å². The van der Waals surface area contributed by atoms with E-state index >= 15 is 0 Å². The molecule has 2 heterocycles. The molecule has 126 valence electrons. The van der Waals surface area contributed by atoms with Crippen molar-refractivity contribution in [3.8, 4) is 0 Å². The zero-order chi connectivity index (χ0) is 15.3. The molecule has 1 atom stereocenters. The zero-order valence-electron chi connectivity index (χ0n) is 11.6. The Morgan fingerprint density at radius 3 is 2.91 bits per heavy atom. The fourth-order valence-corrected chi connectivity index (χ4v) is 2.72. The lowest BCUT2D eigenvalue weighted by Gasteiger charge is -2.23. The van der Waals surface area contributed by atoms with Crippen LogP contribution in [0.2, 0.25) is 0 Å². The molecule has 0 bridgehead atoms. The molecule has 1 aromatic heterocycles. The van der Waals surface area contributed by atoms with Gasteiger partial charge in [-0.1, -0.05) is 0 Å². The molecule has 10 heteroatoms. The predicted octanol–water partition coefficient (Wildman–Crippen LogP) is 1.62. The van der Waals surface area contributed by atoms with E-state index < -0.39 is 11.9 Å². The van der Waals surface area contributed by atoms with Crippen LogP contribution in [0.3, 0.4) is 0 Å². The quantitative estimate of drug-likeness (QED) is 0.838. The highest BCUT2D eigenvalue weighted by Gasteiger charge is 2.33. The van der Waals surface area contributed by atoms with E-state index in [0.717, 1.165) is 23.3 Å². The number of nitrogens with one attached hydrogen (secondary N) is 2. The molecular formula is C12H17ClF3N3O2S. The third-order valence-corrected chi connectivity index (χ3v) is 3.84. The van der Waals surface area contributed by atoms with Gasteiger partial charge in [-0.15, -0.1) is 23.7 Å². The Labute approximate surface area is 136 Å². The lowest BCUT2D eigenvalue weighted by Crippen LogP contribution is -2.44. The lowest BCUT2D eigenvalue weighted by molar-refractivity contribution is -0.140. The second-order valence-electron chi connectivity index (χ2n) is 4.65. The van der Waals surface area contributed by atoms with Crippen LogP contribution in [0.25, 0.3) is 0 Å². The first-order valence-corrected chi connectivity index (χ1v) is 7.42. The van der Waals surface area contributed by atoms with E-state index in [9.17, 15) is 18.0 Å². The Kier molecular flexibility index (Phi) is 7.54. The summed E-state index contributed by atoms with van der Waals surface area (Å²) in [7, 11) is 0. The monoisotopic (exact) mass is 359 g/mol. The van der Waals surface area contributed by atoms with Crippen molar-refractivity contribution in [2.75, 3.05) is 26.3 Å². The number of amides is 1. The highest BCUT2D eigenvalue weighted by atomic mass is 35.5. The number of halogens is 4. The Morgan fingerprint density at radius 1 is 1.55 bits per heavy atom. The maximum atomic E-state index is 12.4. The van der Waals surface area contributed by atoms with Gasteiger partial charge < -0.3 is 15.4 Å². The predicted molar refractivity (Wildman–Crippen MR) is 78.3 cm³/mol. The molecule has 0 spiro atoms. The molecule has 1 aliphatic rings. The summed E-state index contributed by atoms with van der Waals surface area (Å²) >= 11 is 0.949. The lowest BCUT2D eigenvalue weighted by atomic mass is 10.2. The first kappa shape index (κ1) is 19.1. The normalized spacial score (nSPS) is 18.6. The van der Waals surface area contributed by atoms with E-state index in [1.807, 2.05) is 0 Å². The number of nitrogens with zero attached hydrogens (tertiary/aromatic N) is 1. The van der Waals surface area contributed by atoms with E-state index in [0.29, 0.717) is 31.1 Å². The van der Waals surface area contributed by atoms with Gasteiger partial charge in [0.25, 0.3) is 0 Å². The van der Waals surface area contributed by atoms with E-state index in [1.54, 1.807) is 0 Å². The van der Waals surface area contributed by atoms with Gasteiger partial charge in [0.05, 0.1) is 18.2 Å². The molecule has 1 saturated heterocycles. The maximum Gasteiger partial charge on any atom is 0.434 e. The largest absolute Gasteiger partial charge is 0.434 e. The Balaban J connectivity index is 0.00000242. The first-order chi connectivity index (χ1) is 9.95. The molecule has 2 rings (SSSR count). The van der Waals surface area contributed by atoms with Crippen molar-refractivity contribution < 1.29 is 22.7 Å². The zero-order valence-corrected chi connectivity index (χ0v) is 13.2. The van der Waals surface area contributed by atoms with Gasteiger partial charge in [0.1, 0.15) is 0 Å². The van der Waals surface area contributed by atoms with Crippen LogP contribution in [-0.4, -0.2) is 43.2 Å². The second kappa shape index (κ2) is 8.66. The van der Waals surface area contributed by atoms with Crippen molar-refractivity contribution in [2.24, 2.45) is 0 Å². The number of carbonyl (C=O) groups is 1. The molecule has 0 radical (unpaired) electrons. The molecule has 1 fully saturated rings. The third kappa shape index (κ3) is 6.07. The third-order valence-electron chi connectivity index (χ3n) is 2.93. The van der Waals surface area contributed by atoms with Crippen LogP contribution in [0, 0.1) is 0 Å². The molecule has 1 amide bonds. The average Bonchev–Trinajstić information content (AvgIpc) is 2.88. The number of aromatic nitrogens is 1. The summed E-state index contributed by atoms with van der Waals surface area (Å²) in [5, 5.41) is 7.18. The minimum absolute atomic E-state index is 0. The molecule has 22 heavy (non-hydrogen) atoms. The van der Waals surface area contributed by atoms with E-state index in [-0.39, 0.29) is 30.9 Å². The highest BCUT2D eigenvalue weighted by Crippen LogP contribution is 2.29. The van der Waals surface area contributed by atoms with Gasteiger partial charge in [0.15, 0.2) is 5.69 Å². The molecule has 0 aliphatic carbocycles. The summed E-state index contributed by atoms with van der Waals surface area (Å²) in [6, 6.07) is -0.00422. The number of carbonyl (C=O) groups excluding carboxylic acids is 1. The van der Waals surface area contributed by atoms with Gasteiger partial charge in [-0.3, -0.25) is 4.79 Å². The van der Waals surface area contributed by atoms with Gasteiger partial charge in [-0.05, 0) is 0 Å². The number of ether oxygens (including phenoxy) is 1. The molecule has 0 aromatic carbocycles. The maximum absolute atomic E-state index is 12.4. The van der Waals surface area contributed by atoms with Gasteiger partial charge in [0, 0.05) is 37.4 Å². The van der Waals surface area contributed by atoms with Gasteiger partial charge in [0.2, 0.25) is 5.91 Å². The molecular weight excluding hydrogens is 343 g/mol. The van der Waals surface area contributed by atoms with Crippen LogP contribution in [-0.2, 0) is 22.1 Å². The topological polar surface area (TPSA) is 63.2 Å². The van der Waals surface area contributed by atoms with Gasteiger partial charge >= 0.3 is 6.18 Å². The van der Waals surface area contributed by atoms with Crippen LogP contribution in [0.15, 0.2) is 5.38 Å². The van der Waals surface area contributed by atoms with Crippen molar-refractivity contribution in [1.82, 2.24) is 15.6 Å². The Bertz CT molecular complexity index is 478. The number of morpholine rings is 1. The number of thiazole rings is 1. The van der Waals surface area contributed by atoms with Gasteiger partial charge in [-0.25, -0.2) is 4.98 Å². The number of hydrogen-bond acceptors (Lipinski definition) is 5. The van der Waals surface area contributed by atoms with Crippen LogP contribution in [0.4, 0.5) is 13.2 Å². The summed E-state index contributed by atoms with van der Waals surface area (Å²) in [6.45, 7) is 2.13. The summed E-state index contributed by atoms with van der Waals surface area (Å²) in [6.07, 6.45) is -3.82. The number of hydrogen-bond donors (Lipinski definition) is 2. The summed E-state index contributed by atoms with van der Waals surface area (Å²) in [5.41, 5.74) is -0.877. The number of alkyl halides is 3. The molecule has 1 aromatic rings. The molecule has 1 aliphatic heterocycles. The van der Waals surface area contributed by atoms with E-state index in [1.165, 1.54) is 0 Å². The van der Waals surface area contributed by atoms with Crippen LogP contribution in [0.1, 0.15) is 17.1 Å². The van der Waals surface area contributed by atoms with Crippen LogP contribution < -0.4 is 10.6 Å². The Morgan fingerprint density at radius 2 is 2.32 bits per heavy atom. The van der Waals surface area contributed by atoms with Crippen LogP contribution >= 0.6 is 23.7 Å². The van der Waals surface area contributed by atoms with Gasteiger partial charge in [-0.2, -0.15) is 13.2 Å². The standard InChI is InChI=1S/C12H16F3N3O2S.ClH/c13-12(14,15)9-7-21-11(18-9)1-2-17-10(19)5-8-6-20-4-3-16-8;/h7-8,16H,1-6H2,(H,17,19);1H. The van der Waals surface area contributed by atoms with Crippen molar-refractivity contribution in [3.63, 3.8) is 0 Å². The second-order valence-corrected chi connectivity index (χ2v) is 5.60. The summed E-state index contributed by atoms with van der Waals surface area (Å²) < 4.78 is 42.3. The van der Waals surface area contributed by atoms with E-state index in [2.05, 4.69) is 15.6 Å². The fraction of sp³-hybridized carbons (Fsp3) is 0.667. The minimum atomic E-state index is -4.41. The van der Waals surface area contributed by atoms with Crippen molar-refractivity contribution in [1.29, 1.82) is 0 Å². The Hall–Kier alpha value is -0.900. The van der Waals surface area contributed by atoms with Crippen molar-refractivity contribution in [2.45, 2.75) is 25.1 Å². The van der Waals surface area contributed by atoms with Crippen LogP contribution in [0.5, 0.6) is 0 Å². The first-order valence-electron chi connectivity index (χ1n) is 6.54. The fourth-order valence-electron chi connectivity index (χ4n) is 1.91. The molecule has 1 unspecified atom stereocenters. The molecule has 2 N–H and O–H groups in total. The van der Waals surface area contributed by atoms with Crippen molar-refractivity contribution >= 4 is 29.7 Å².